The summed E-state index contributed by atoms with van der Waals surface area (Å²) < 4.78 is 13.2. The number of hydrogen-bond donors (Lipinski definition) is 0. The molecular weight excluding hydrogens is 1320 g/mol. The van der Waals surface area contributed by atoms with E-state index in [1.54, 1.807) is 0 Å². The first-order valence-corrected chi connectivity index (χ1v) is 37.9. The van der Waals surface area contributed by atoms with Crippen molar-refractivity contribution in [3.8, 4) is 100 Å². The van der Waals surface area contributed by atoms with Gasteiger partial charge in [-0.3, -0.25) is 0 Å². The van der Waals surface area contributed by atoms with Gasteiger partial charge in [0.05, 0.1) is 5.41 Å². The van der Waals surface area contributed by atoms with Crippen LogP contribution in [-0.4, -0.2) is 0 Å². The van der Waals surface area contributed by atoms with Crippen molar-refractivity contribution in [1.82, 2.24) is 0 Å². The van der Waals surface area contributed by atoms with Crippen molar-refractivity contribution >= 4 is 119 Å². The third kappa shape index (κ3) is 8.46. The molecule has 0 N–H and O–H groups in total. The van der Waals surface area contributed by atoms with Gasteiger partial charge in [0.15, 0.2) is 0 Å². The van der Waals surface area contributed by atoms with Gasteiger partial charge < -0.3 is 8.83 Å². The summed E-state index contributed by atoms with van der Waals surface area (Å²) in [5.41, 5.74) is 30.0. The van der Waals surface area contributed by atoms with Crippen LogP contribution in [0.1, 0.15) is 22.3 Å². The van der Waals surface area contributed by atoms with Gasteiger partial charge in [0.25, 0.3) is 0 Å². The summed E-state index contributed by atoms with van der Waals surface area (Å²) >= 11 is 0. The minimum absolute atomic E-state index is 0.590. The predicted molar refractivity (Wildman–Crippen MR) is 458 cm³/mol. The Bertz CT molecular complexity index is 7590. The van der Waals surface area contributed by atoms with E-state index in [2.05, 4.69) is 376 Å². The Morgan fingerprint density at radius 1 is 0.156 bits per heavy atom. The first kappa shape index (κ1) is 60.1. The number of hydrogen-bond acceptors (Lipinski definition) is 2. The minimum Gasteiger partial charge on any atom is -0.456 e. The standard InChI is InChI=1S/C107H62O2/c1-3-29-72-63(23-1)51-57-97-103(72)105-74(43-21-47-95(105)108-97)65-25-19-27-68(59-65)99-81-35-7-9-37-83(81)101(84-38-10-8-36-82(84)99)70-49-53-80-90-61-67(50-56-93(90)107(94(80)62-70)91-45-17-15-33-78(91)79-34-16-18-46-92(79)107)71-54-55-89(77-32-6-5-31-76(71)77)102-87-41-13-11-39-85(87)100(86-40-12-14-42-88(86)102)69-28-20-26-66(60-69)75-44-22-48-96-106(75)104-73-30-4-2-24-64(73)52-58-98(104)109-96/h1-62H. The van der Waals surface area contributed by atoms with Crippen LogP contribution >= 0.6 is 0 Å². The largest absolute Gasteiger partial charge is 0.456 e. The molecule has 2 heterocycles. The van der Waals surface area contributed by atoms with Crippen LogP contribution < -0.4 is 0 Å². The van der Waals surface area contributed by atoms with Gasteiger partial charge in [-0.1, -0.05) is 328 Å². The van der Waals surface area contributed by atoms with Crippen molar-refractivity contribution in [3.05, 3.63) is 398 Å². The van der Waals surface area contributed by atoms with Crippen molar-refractivity contribution in [3.63, 3.8) is 0 Å². The van der Waals surface area contributed by atoms with Crippen LogP contribution in [0.2, 0.25) is 0 Å². The molecule has 0 amide bonds. The van der Waals surface area contributed by atoms with Crippen LogP contribution in [0.4, 0.5) is 0 Å². The lowest BCUT2D eigenvalue weighted by Gasteiger charge is -2.31. The second kappa shape index (κ2) is 22.9. The highest BCUT2D eigenvalue weighted by atomic mass is 16.3. The Balaban J connectivity index is 0.660. The van der Waals surface area contributed by atoms with Gasteiger partial charge in [0.1, 0.15) is 22.3 Å². The number of furan rings is 2. The summed E-state index contributed by atoms with van der Waals surface area (Å²) in [5, 5.41) is 21.6. The summed E-state index contributed by atoms with van der Waals surface area (Å²) in [6.07, 6.45) is 0. The van der Waals surface area contributed by atoms with Gasteiger partial charge in [-0.15, -0.1) is 0 Å². The fourth-order valence-electron chi connectivity index (χ4n) is 20.1. The zero-order valence-electron chi connectivity index (χ0n) is 59.1. The molecule has 0 atom stereocenters. The van der Waals surface area contributed by atoms with E-state index in [1.165, 1.54) is 176 Å². The minimum atomic E-state index is -0.590. The monoisotopic (exact) mass is 1380 g/mol. The normalized spacial score (nSPS) is 12.8. The number of benzene rings is 20. The Labute approximate surface area is 627 Å². The van der Waals surface area contributed by atoms with Gasteiger partial charge >= 0.3 is 0 Å². The van der Waals surface area contributed by atoms with Crippen molar-refractivity contribution in [1.29, 1.82) is 0 Å². The Kier molecular flexibility index (Phi) is 12.6. The molecule has 0 bridgehead atoms. The van der Waals surface area contributed by atoms with E-state index in [0.29, 0.717) is 0 Å². The maximum absolute atomic E-state index is 6.63. The van der Waals surface area contributed by atoms with Gasteiger partial charge in [-0.2, -0.15) is 0 Å². The molecule has 0 saturated carbocycles. The molecular formula is C107H62O2. The van der Waals surface area contributed by atoms with Gasteiger partial charge in [-0.05, 0) is 246 Å². The molecule has 2 aliphatic rings. The second-order valence-corrected chi connectivity index (χ2v) is 29.8. The molecule has 2 heteroatoms. The highest BCUT2D eigenvalue weighted by Crippen LogP contribution is 2.64. The maximum atomic E-state index is 6.63. The Morgan fingerprint density at radius 3 is 0.982 bits per heavy atom. The van der Waals surface area contributed by atoms with E-state index >= 15 is 0 Å². The van der Waals surface area contributed by atoms with Crippen LogP contribution in [0.25, 0.3) is 219 Å². The Hall–Kier alpha value is -14.2. The molecule has 22 aromatic rings. The van der Waals surface area contributed by atoms with Crippen LogP contribution in [-0.2, 0) is 5.41 Å². The molecule has 1 spiro atoms. The van der Waals surface area contributed by atoms with E-state index in [1.807, 2.05) is 0 Å². The third-order valence-electron chi connectivity index (χ3n) is 24.4. The predicted octanol–water partition coefficient (Wildman–Crippen LogP) is 29.6. The molecule has 0 aliphatic heterocycles. The molecule has 0 fully saturated rings. The SMILES string of the molecule is c1cc(-c2c3ccccc3c(-c3ccc4c(c3)C3(c5ccccc5-c5ccccc53)c3ccc(-c5ccc(-c6c7ccccc7c(-c7cccc(-c8cccc9oc%10ccc%11ccccc%11c%10c89)c7)c7ccccc67)c6ccccc56)cc3-4)c3ccccc23)cc(-c2cccc3oc4ccc5ccccc5c4c23)c1. The third-order valence-corrected chi connectivity index (χ3v) is 24.4. The quantitative estimate of drug-likeness (QED) is 0.149. The lowest BCUT2D eigenvalue weighted by Crippen LogP contribution is -2.25. The molecule has 502 valence electrons. The van der Waals surface area contributed by atoms with Gasteiger partial charge in [0, 0.05) is 21.5 Å². The Morgan fingerprint density at radius 2 is 0.486 bits per heavy atom. The van der Waals surface area contributed by atoms with Crippen LogP contribution in [0.15, 0.2) is 385 Å². The lowest BCUT2D eigenvalue weighted by molar-refractivity contribution is 0.669. The average Bonchev–Trinajstić information content (AvgIpc) is 1.50. The molecule has 2 aliphatic carbocycles. The summed E-state index contributed by atoms with van der Waals surface area (Å²) in [6.45, 7) is 0. The van der Waals surface area contributed by atoms with Crippen LogP contribution in [0.3, 0.4) is 0 Å². The molecule has 0 saturated heterocycles. The van der Waals surface area contributed by atoms with E-state index in [9.17, 15) is 0 Å². The maximum Gasteiger partial charge on any atom is 0.136 e. The highest BCUT2D eigenvalue weighted by Gasteiger charge is 2.52. The molecule has 0 radical (unpaired) electrons. The van der Waals surface area contributed by atoms with E-state index in [0.717, 1.165) is 66.1 Å². The molecule has 2 nitrogen and oxygen atoms in total. The van der Waals surface area contributed by atoms with Gasteiger partial charge in [0.2, 0.25) is 0 Å². The highest BCUT2D eigenvalue weighted by molar-refractivity contribution is 6.28. The second-order valence-electron chi connectivity index (χ2n) is 29.8. The van der Waals surface area contributed by atoms with E-state index in [-0.39, 0.29) is 0 Å². The molecule has 109 heavy (non-hydrogen) atoms. The van der Waals surface area contributed by atoms with Crippen LogP contribution in [0, 0.1) is 0 Å². The zero-order valence-corrected chi connectivity index (χ0v) is 59.1. The summed E-state index contributed by atoms with van der Waals surface area (Å²) in [4.78, 5) is 0. The first-order chi connectivity index (χ1) is 54.1. The lowest BCUT2D eigenvalue weighted by atomic mass is 9.70. The first-order valence-electron chi connectivity index (χ1n) is 37.9. The summed E-state index contributed by atoms with van der Waals surface area (Å²) in [5.74, 6) is 0. The van der Waals surface area contributed by atoms with Crippen molar-refractivity contribution in [2.75, 3.05) is 0 Å². The molecule has 20 aromatic carbocycles. The smallest absolute Gasteiger partial charge is 0.136 e. The van der Waals surface area contributed by atoms with Crippen molar-refractivity contribution in [2.45, 2.75) is 5.41 Å². The average molecular weight is 1380 g/mol. The number of rotatable bonds is 7. The fraction of sp³-hybridized carbons (Fsp3) is 0.00935. The summed E-state index contributed by atoms with van der Waals surface area (Å²) in [7, 11) is 0. The molecule has 2 aromatic heterocycles. The van der Waals surface area contributed by atoms with E-state index < -0.39 is 5.41 Å². The molecule has 0 unspecified atom stereocenters. The zero-order chi connectivity index (χ0) is 71.2. The van der Waals surface area contributed by atoms with Crippen molar-refractivity contribution in [2.24, 2.45) is 0 Å². The molecule has 24 rings (SSSR count). The topological polar surface area (TPSA) is 26.3 Å². The fourth-order valence-corrected chi connectivity index (χ4v) is 20.1. The van der Waals surface area contributed by atoms with E-state index in [4.69, 9.17) is 8.83 Å². The number of fused-ring (bicyclic) bond motifs is 25. The van der Waals surface area contributed by atoms with Crippen LogP contribution in [0.5, 0.6) is 0 Å². The van der Waals surface area contributed by atoms with Crippen molar-refractivity contribution < 1.29 is 8.83 Å². The van der Waals surface area contributed by atoms with Gasteiger partial charge in [-0.25, -0.2) is 0 Å². The summed E-state index contributed by atoms with van der Waals surface area (Å²) in [6, 6.07) is 141.